The Morgan fingerprint density at radius 2 is 2.18 bits per heavy atom. The largest absolute Gasteiger partial charge is 0.326 e. The fraction of sp³-hybridized carbons (Fsp3) is 0.417. The van der Waals surface area contributed by atoms with Crippen LogP contribution in [0.3, 0.4) is 0 Å². The first-order chi connectivity index (χ1) is 8.20. The molecule has 0 atom stereocenters. The van der Waals surface area contributed by atoms with Crippen molar-refractivity contribution in [2.75, 3.05) is 0 Å². The fourth-order valence-corrected chi connectivity index (χ4v) is 1.66. The van der Waals surface area contributed by atoms with Gasteiger partial charge in [0.15, 0.2) is 5.82 Å². The van der Waals surface area contributed by atoms with Gasteiger partial charge in [-0.05, 0) is 17.5 Å². The van der Waals surface area contributed by atoms with Crippen LogP contribution >= 0.6 is 0 Å². The zero-order valence-electron chi connectivity index (χ0n) is 10.2. The first-order valence-corrected chi connectivity index (χ1v) is 5.74. The third kappa shape index (κ3) is 2.68. The van der Waals surface area contributed by atoms with Gasteiger partial charge in [-0.25, -0.2) is 0 Å². The molecule has 0 radical (unpaired) electrons. The SMILES string of the molecule is CC(C)Cn1cnnc1-c1ccc(CN)cn1. The molecule has 0 spiro atoms. The Hall–Kier alpha value is -1.75. The maximum absolute atomic E-state index is 5.54. The van der Waals surface area contributed by atoms with Crippen molar-refractivity contribution in [1.82, 2.24) is 19.7 Å². The van der Waals surface area contributed by atoms with Crippen LogP contribution in [0.25, 0.3) is 11.5 Å². The molecule has 90 valence electrons. The second-order valence-corrected chi connectivity index (χ2v) is 4.46. The minimum Gasteiger partial charge on any atom is -0.326 e. The van der Waals surface area contributed by atoms with E-state index in [0.29, 0.717) is 12.5 Å². The summed E-state index contributed by atoms with van der Waals surface area (Å²) in [6.07, 6.45) is 3.53. The maximum Gasteiger partial charge on any atom is 0.182 e. The average Bonchev–Trinajstić information content (AvgIpc) is 2.76. The van der Waals surface area contributed by atoms with Crippen LogP contribution in [0.5, 0.6) is 0 Å². The van der Waals surface area contributed by atoms with Gasteiger partial charge in [0, 0.05) is 19.3 Å². The molecule has 0 aliphatic rings. The minimum absolute atomic E-state index is 0.506. The van der Waals surface area contributed by atoms with Crippen molar-refractivity contribution < 1.29 is 0 Å². The van der Waals surface area contributed by atoms with E-state index >= 15 is 0 Å². The summed E-state index contributed by atoms with van der Waals surface area (Å²) in [5, 5.41) is 8.06. The highest BCUT2D eigenvalue weighted by Gasteiger charge is 2.09. The normalized spacial score (nSPS) is 11.1. The van der Waals surface area contributed by atoms with Gasteiger partial charge < -0.3 is 10.3 Å². The van der Waals surface area contributed by atoms with E-state index in [2.05, 4.69) is 29.0 Å². The van der Waals surface area contributed by atoms with E-state index in [9.17, 15) is 0 Å². The molecule has 17 heavy (non-hydrogen) atoms. The van der Waals surface area contributed by atoms with Crippen molar-refractivity contribution in [3.8, 4) is 11.5 Å². The Bertz CT molecular complexity index is 472. The molecule has 2 aromatic rings. The van der Waals surface area contributed by atoms with Crippen LogP contribution in [-0.4, -0.2) is 19.7 Å². The average molecular weight is 231 g/mol. The number of pyridine rings is 1. The first kappa shape index (κ1) is 11.7. The Morgan fingerprint density at radius 3 is 2.76 bits per heavy atom. The molecule has 5 nitrogen and oxygen atoms in total. The summed E-state index contributed by atoms with van der Waals surface area (Å²) < 4.78 is 2.02. The van der Waals surface area contributed by atoms with Crippen LogP contribution in [0.4, 0.5) is 0 Å². The topological polar surface area (TPSA) is 69.6 Å². The monoisotopic (exact) mass is 231 g/mol. The summed E-state index contributed by atoms with van der Waals surface area (Å²) >= 11 is 0. The Balaban J connectivity index is 2.29. The molecule has 2 heterocycles. The highest BCUT2D eigenvalue weighted by atomic mass is 15.3. The molecule has 0 aliphatic carbocycles. The summed E-state index contributed by atoms with van der Waals surface area (Å²) in [5.41, 5.74) is 7.39. The number of hydrogen-bond donors (Lipinski definition) is 1. The molecule has 0 saturated carbocycles. The van der Waals surface area contributed by atoms with Crippen LogP contribution in [0.15, 0.2) is 24.7 Å². The summed E-state index contributed by atoms with van der Waals surface area (Å²) in [5.74, 6) is 1.36. The summed E-state index contributed by atoms with van der Waals surface area (Å²) in [6.45, 7) is 5.72. The van der Waals surface area contributed by atoms with Gasteiger partial charge in [0.05, 0.1) is 0 Å². The molecule has 0 fully saturated rings. The molecular weight excluding hydrogens is 214 g/mol. The molecule has 2 rings (SSSR count). The zero-order chi connectivity index (χ0) is 12.3. The molecule has 0 unspecified atom stereocenters. The molecule has 5 heteroatoms. The second kappa shape index (κ2) is 5.05. The van der Waals surface area contributed by atoms with Crippen LogP contribution in [0, 0.1) is 5.92 Å². The number of rotatable bonds is 4. The highest BCUT2D eigenvalue weighted by Crippen LogP contribution is 2.15. The standard InChI is InChI=1S/C12H17N5/c1-9(2)7-17-8-15-16-12(17)11-4-3-10(5-13)6-14-11/h3-4,6,8-9H,5,7,13H2,1-2H3. The smallest absolute Gasteiger partial charge is 0.182 e. The Labute approximate surface area is 101 Å². The van der Waals surface area contributed by atoms with E-state index in [1.165, 1.54) is 0 Å². The zero-order valence-corrected chi connectivity index (χ0v) is 10.2. The van der Waals surface area contributed by atoms with E-state index < -0.39 is 0 Å². The maximum atomic E-state index is 5.54. The molecule has 0 amide bonds. The van der Waals surface area contributed by atoms with Crippen LogP contribution in [-0.2, 0) is 13.1 Å². The van der Waals surface area contributed by atoms with E-state index in [-0.39, 0.29) is 0 Å². The van der Waals surface area contributed by atoms with Crippen molar-refractivity contribution in [3.63, 3.8) is 0 Å². The van der Waals surface area contributed by atoms with E-state index in [1.54, 1.807) is 12.5 Å². The second-order valence-electron chi connectivity index (χ2n) is 4.46. The predicted octanol–water partition coefficient (Wildman–Crippen LogP) is 1.45. The number of hydrogen-bond acceptors (Lipinski definition) is 4. The van der Waals surface area contributed by atoms with Gasteiger partial charge in [-0.2, -0.15) is 0 Å². The lowest BCUT2D eigenvalue weighted by atomic mass is 10.2. The molecule has 0 bridgehead atoms. The van der Waals surface area contributed by atoms with Gasteiger partial charge in [0.1, 0.15) is 12.0 Å². The molecule has 0 aliphatic heterocycles. The Morgan fingerprint density at radius 1 is 1.35 bits per heavy atom. The van der Waals surface area contributed by atoms with Crippen LogP contribution < -0.4 is 5.73 Å². The fourth-order valence-electron chi connectivity index (χ4n) is 1.66. The summed E-state index contributed by atoms with van der Waals surface area (Å²) in [7, 11) is 0. The Kier molecular flexibility index (Phi) is 3.49. The molecule has 0 saturated heterocycles. The van der Waals surface area contributed by atoms with Crippen LogP contribution in [0.1, 0.15) is 19.4 Å². The van der Waals surface area contributed by atoms with E-state index in [4.69, 9.17) is 5.73 Å². The van der Waals surface area contributed by atoms with Crippen molar-refractivity contribution in [1.29, 1.82) is 0 Å². The minimum atomic E-state index is 0.506. The van der Waals surface area contributed by atoms with E-state index in [0.717, 1.165) is 23.6 Å². The van der Waals surface area contributed by atoms with Crippen LogP contribution in [0.2, 0.25) is 0 Å². The number of nitrogens with zero attached hydrogens (tertiary/aromatic N) is 4. The highest BCUT2D eigenvalue weighted by molar-refractivity contribution is 5.49. The molecular formula is C12H17N5. The van der Waals surface area contributed by atoms with Crippen molar-refractivity contribution >= 4 is 0 Å². The van der Waals surface area contributed by atoms with Crippen molar-refractivity contribution in [2.45, 2.75) is 26.9 Å². The quantitative estimate of drug-likeness (QED) is 0.864. The third-order valence-corrected chi connectivity index (χ3v) is 2.47. The van der Waals surface area contributed by atoms with Gasteiger partial charge in [-0.3, -0.25) is 4.98 Å². The van der Waals surface area contributed by atoms with Gasteiger partial charge in [0.2, 0.25) is 0 Å². The van der Waals surface area contributed by atoms with Gasteiger partial charge in [0.25, 0.3) is 0 Å². The van der Waals surface area contributed by atoms with Gasteiger partial charge in [-0.1, -0.05) is 19.9 Å². The molecule has 0 aromatic carbocycles. The number of nitrogens with two attached hydrogens (primary N) is 1. The number of aromatic nitrogens is 4. The lowest BCUT2D eigenvalue weighted by molar-refractivity contribution is 0.525. The lowest BCUT2D eigenvalue weighted by Gasteiger charge is -2.08. The summed E-state index contributed by atoms with van der Waals surface area (Å²) in [4.78, 5) is 4.36. The third-order valence-electron chi connectivity index (χ3n) is 2.47. The molecule has 2 aromatic heterocycles. The van der Waals surface area contributed by atoms with Crippen molar-refractivity contribution in [3.05, 3.63) is 30.2 Å². The van der Waals surface area contributed by atoms with Gasteiger partial charge in [-0.15, -0.1) is 10.2 Å². The van der Waals surface area contributed by atoms with Crippen molar-refractivity contribution in [2.24, 2.45) is 11.7 Å². The predicted molar refractivity (Wildman–Crippen MR) is 66.0 cm³/mol. The summed E-state index contributed by atoms with van der Waals surface area (Å²) in [6, 6.07) is 3.90. The van der Waals surface area contributed by atoms with Gasteiger partial charge >= 0.3 is 0 Å². The van der Waals surface area contributed by atoms with E-state index in [1.807, 2.05) is 16.7 Å². The lowest BCUT2D eigenvalue weighted by Crippen LogP contribution is -2.06. The first-order valence-electron chi connectivity index (χ1n) is 5.74. The molecule has 2 N–H and O–H groups in total.